The van der Waals surface area contributed by atoms with Gasteiger partial charge in [0.1, 0.15) is 30.0 Å². The summed E-state index contributed by atoms with van der Waals surface area (Å²) in [7, 11) is 4.43. The molecular formula is C68H94ClN9O19S. The number of methoxy groups -OCH3 is 1. The number of carbonyl (C=O) groups excluding carboxylic acids is 10. The summed E-state index contributed by atoms with van der Waals surface area (Å²) in [6, 6.07) is 5.57. The number of aliphatic hydroxyl groups is 1. The van der Waals surface area contributed by atoms with Crippen LogP contribution in [0.15, 0.2) is 54.1 Å². The van der Waals surface area contributed by atoms with Gasteiger partial charge in [0.25, 0.3) is 17.7 Å². The van der Waals surface area contributed by atoms with Crippen LogP contribution in [0.1, 0.15) is 120 Å². The number of hydrogen-bond donors (Lipinski definition) is 6. The molecule has 538 valence electrons. The predicted octanol–water partition coefficient (Wildman–Crippen LogP) is 4.62. The van der Waals surface area contributed by atoms with Gasteiger partial charge in [0.15, 0.2) is 11.5 Å². The molecule has 5 heterocycles. The summed E-state index contributed by atoms with van der Waals surface area (Å²) in [5, 5.41) is 24.0. The number of ketones is 1. The van der Waals surface area contributed by atoms with Crippen LogP contribution in [0.3, 0.4) is 0 Å². The maximum atomic E-state index is 14.7. The fraction of sp³-hybridized carbons (Fsp3) is 0.603. The molecule has 0 spiro atoms. The molecule has 0 unspecified atom stereocenters. The van der Waals surface area contributed by atoms with Gasteiger partial charge < -0.3 is 79.5 Å². The van der Waals surface area contributed by atoms with Crippen LogP contribution >= 0.6 is 23.8 Å². The van der Waals surface area contributed by atoms with Crippen molar-refractivity contribution in [2.24, 2.45) is 23.5 Å². The number of imide groups is 1. The summed E-state index contributed by atoms with van der Waals surface area (Å²) in [5.41, 5.74) is 6.26. The van der Waals surface area contributed by atoms with Crippen molar-refractivity contribution in [3.05, 3.63) is 81.4 Å². The van der Waals surface area contributed by atoms with Crippen molar-refractivity contribution in [3.8, 4) is 0 Å². The van der Waals surface area contributed by atoms with Gasteiger partial charge >= 0.3 is 24.1 Å². The Kier molecular flexibility index (Phi) is 28.1. The smallest absolute Gasteiger partial charge is 0.409 e. The number of hydrogen-bond acceptors (Lipinski definition) is 21. The number of thiocarbonyl (C=S) groups is 1. The first kappa shape index (κ1) is 77.7. The molecule has 8 amide bonds. The number of nitrogens with two attached hydrogens (primary N) is 1. The molecular weight excluding hydrogens is 1310 g/mol. The fourth-order valence-electron chi connectivity index (χ4n) is 12.2. The summed E-state index contributed by atoms with van der Waals surface area (Å²) in [6.07, 6.45) is 0.465. The number of benzene rings is 2. The Labute approximate surface area is 581 Å². The van der Waals surface area contributed by atoms with Crippen LogP contribution in [-0.4, -0.2) is 214 Å². The first-order valence-corrected chi connectivity index (χ1v) is 33.8. The van der Waals surface area contributed by atoms with Crippen LogP contribution in [0.5, 0.6) is 0 Å². The number of amides is 8. The number of esters is 1. The van der Waals surface area contributed by atoms with Gasteiger partial charge in [-0.2, -0.15) is 0 Å². The third kappa shape index (κ3) is 20.7. The zero-order valence-electron chi connectivity index (χ0n) is 57.4. The van der Waals surface area contributed by atoms with Crippen LogP contribution in [0.2, 0.25) is 5.02 Å². The largest absolute Gasteiger partial charge is 0.457 e. The molecule has 4 fully saturated rings. The summed E-state index contributed by atoms with van der Waals surface area (Å²) in [5.74, 6) is -6.14. The average Bonchev–Trinajstić information content (AvgIpc) is 1.57. The third-order valence-electron chi connectivity index (χ3n) is 18.3. The van der Waals surface area contributed by atoms with E-state index >= 15 is 0 Å². The summed E-state index contributed by atoms with van der Waals surface area (Å²) >= 11 is 12.6. The van der Waals surface area contributed by atoms with Crippen molar-refractivity contribution in [2.45, 2.75) is 160 Å². The van der Waals surface area contributed by atoms with Crippen molar-refractivity contribution in [3.63, 3.8) is 0 Å². The van der Waals surface area contributed by atoms with E-state index in [-0.39, 0.29) is 102 Å². The molecule has 0 aliphatic carbocycles. The molecule has 7 N–H and O–H groups in total. The zero-order chi connectivity index (χ0) is 71.8. The number of aryl methyl sites for hydroxylation is 1. The average molecular weight is 1410 g/mol. The lowest BCUT2D eigenvalue weighted by molar-refractivity contribution is -0.198. The van der Waals surface area contributed by atoms with Crippen molar-refractivity contribution in [1.82, 2.24) is 31.2 Å². The van der Waals surface area contributed by atoms with Crippen molar-refractivity contribution < 1.29 is 91.0 Å². The molecule has 98 heavy (non-hydrogen) atoms. The van der Waals surface area contributed by atoms with Crippen molar-refractivity contribution in [2.75, 3.05) is 96.8 Å². The number of nitrogens with zero attached hydrogens (tertiary/aromatic N) is 4. The van der Waals surface area contributed by atoms with Gasteiger partial charge in [-0.25, -0.2) is 19.2 Å². The normalized spacial score (nSPS) is 24.6. The number of anilines is 2. The minimum Gasteiger partial charge on any atom is -0.457 e. The number of fused-ring (bicyclic) bond motifs is 5. The Hall–Kier alpha value is -7.64. The summed E-state index contributed by atoms with van der Waals surface area (Å²) < 4.78 is 40.9. The number of morpholine rings is 1. The Balaban J connectivity index is 1.03. The highest BCUT2D eigenvalue weighted by atomic mass is 35.5. The molecule has 5 aliphatic heterocycles. The van der Waals surface area contributed by atoms with E-state index in [0.717, 1.165) is 16.7 Å². The lowest BCUT2D eigenvalue weighted by atomic mass is 9.83. The number of hydroxylamine groups is 2. The predicted molar refractivity (Wildman–Crippen MR) is 362 cm³/mol. The fourth-order valence-corrected chi connectivity index (χ4v) is 12.8. The van der Waals surface area contributed by atoms with E-state index in [0.29, 0.717) is 71.3 Å². The monoisotopic (exact) mass is 1410 g/mol. The van der Waals surface area contributed by atoms with Crippen LogP contribution in [0.25, 0.3) is 0 Å². The quantitative estimate of drug-likeness (QED) is 0.0222. The number of halogens is 1. The van der Waals surface area contributed by atoms with E-state index in [1.165, 1.54) is 30.9 Å². The van der Waals surface area contributed by atoms with E-state index in [9.17, 15) is 53.1 Å². The first-order valence-electron chi connectivity index (χ1n) is 33.0. The third-order valence-corrected chi connectivity index (χ3v) is 19.1. The van der Waals surface area contributed by atoms with E-state index < -0.39 is 120 Å². The number of allylic oxidation sites excluding steroid dienone is 3. The standard InChI is InChI=1S/C68H94ClN9O19S/c1-39(2)47(36-55(98)71-22-26-92-30-29-91-25-20-59(83)97-78-56(80)18-19-57(78)81)62(84)73-48(14-12-21-72-65(70)87)51(79)35-45-16-17-46(34-49(45)77-23-27-93-28-24-77)63(85)75(8)43(6)64(86)95-54-37-58(82)76(9)50-33-44(32-41(4)60(50)69)31-40(3)13-11-15-53(90-10)68(89)38-52(94-66(88)74-68)42(5)61-67(54,7)96-61/h11,13,15-17,32-34,39,42-43,47-48,52-54,61,89H,12,14,18-31,35-38H2,1-10H3,(H,71,98)(H,73,84)(H,74,88)(H3,70,72,87)/b15-11+,40-13+/t42-,43+,47+,48+,52+,53-,54+,61+,67+,68+/m1/s1. The Morgan fingerprint density at radius 1 is 0.939 bits per heavy atom. The van der Waals surface area contributed by atoms with E-state index in [4.69, 9.17) is 67.5 Å². The molecule has 10 atom stereocenters. The van der Waals surface area contributed by atoms with Gasteiger partial charge in [0.2, 0.25) is 11.8 Å². The van der Waals surface area contributed by atoms with Gasteiger partial charge in [-0.1, -0.05) is 80.5 Å². The maximum absolute atomic E-state index is 14.7. The number of carbonyl (C=O) groups is 10. The number of alkyl carbamates (subject to hydrolysis) is 1. The number of rotatable bonds is 28. The SMILES string of the molecule is CO[C@@H]1/C=C/C=C(\C)Cc2cc(C)c(Cl)c(c2)N(C)C(=O)C[C@H](OC(=O)[C@H](C)N(C)C(=O)c2ccc(CC(=O)[C@H](CCCNC(N)=O)NC(=O)[C@@H](CC(=S)NCCOCCOCCC(=O)ON3C(=O)CCC3=O)C(C)C)c(N3CCOCC3)c2)[C@]2(C)O[C@H]2[C@H](C)[C@@H]2C[C@@]1(O)NC(=O)O2. The lowest BCUT2D eigenvalue weighted by Gasteiger charge is -2.42. The second kappa shape index (κ2) is 35.4. The van der Waals surface area contributed by atoms with Gasteiger partial charge in [0, 0.05) is 103 Å². The molecule has 28 nitrogen and oxygen atoms in total. The van der Waals surface area contributed by atoms with E-state index in [2.05, 4.69) is 21.3 Å². The highest BCUT2D eigenvalue weighted by molar-refractivity contribution is 7.80. The summed E-state index contributed by atoms with van der Waals surface area (Å²) in [6.45, 7) is 14.9. The van der Waals surface area contributed by atoms with Crippen LogP contribution < -0.4 is 36.8 Å². The van der Waals surface area contributed by atoms with Crippen LogP contribution in [0.4, 0.5) is 21.0 Å². The number of primary amides is 1. The maximum Gasteiger partial charge on any atom is 0.409 e. The Bertz CT molecular complexity index is 3330. The minimum absolute atomic E-state index is 0.00786. The Morgan fingerprint density at radius 2 is 1.63 bits per heavy atom. The van der Waals surface area contributed by atoms with Crippen LogP contribution in [0, 0.1) is 24.7 Å². The number of nitrogens with one attached hydrogen (secondary N) is 4. The highest BCUT2D eigenvalue weighted by Gasteiger charge is 2.64. The number of ether oxygens (including phenoxy) is 7. The van der Waals surface area contributed by atoms with Gasteiger partial charge in [-0.3, -0.25) is 34.1 Å². The molecule has 0 aromatic heterocycles. The minimum atomic E-state index is -1.91. The molecule has 4 bridgehead atoms. The zero-order valence-corrected chi connectivity index (χ0v) is 59.0. The number of urea groups is 1. The number of Topliss-reactive ketones (excluding diaryl/α,β-unsaturated/α-hetero) is 1. The second-order valence-corrected chi connectivity index (χ2v) is 26.8. The molecule has 7 rings (SSSR count). The molecule has 4 saturated heterocycles. The lowest BCUT2D eigenvalue weighted by Crippen LogP contribution is -2.63. The molecule has 5 aliphatic rings. The van der Waals surface area contributed by atoms with Gasteiger partial charge in [-0.15, -0.1) is 5.06 Å². The molecule has 0 saturated carbocycles. The molecule has 2 aromatic rings. The first-order chi connectivity index (χ1) is 46.4. The molecule has 0 radical (unpaired) electrons. The van der Waals surface area contributed by atoms with Crippen LogP contribution in [-0.2, 0) is 84.4 Å². The highest BCUT2D eigenvalue weighted by Crippen LogP contribution is 2.49. The number of epoxide rings is 1. The number of likely N-dealkylation sites (N-methyl/N-ethyl adjacent to an activating group) is 1. The summed E-state index contributed by atoms with van der Waals surface area (Å²) in [4.78, 5) is 143. The Morgan fingerprint density at radius 3 is 2.31 bits per heavy atom. The molecule has 2 aromatic carbocycles. The van der Waals surface area contributed by atoms with E-state index in [1.54, 1.807) is 51.2 Å². The second-order valence-electron chi connectivity index (χ2n) is 25.9. The topological polar surface area (TPSA) is 355 Å². The molecule has 30 heteroatoms. The van der Waals surface area contributed by atoms with Crippen molar-refractivity contribution >= 4 is 99.6 Å². The van der Waals surface area contributed by atoms with Crippen molar-refractivity contribution in [1.29, 1.82) is 0 Å². The van der Waals surface area contributed by atoms with Gasteiger partial charge in [-0.05, 0) is 87.8 Å². The van der Waals surface area contributed by atoms with E-state index in [1.807, 2.05) is 50.8 Å². The van der Waals surface area contributed by atoms with Gasteiger partial charge in [0.05, 0.1) is 80.3 Å².